The van der Waals surface area contributed by atoms with Crippen molar-refractivity contribution in [1.82, 2.24) is 5.32 Å². The summed E-state index contributed by atoms with van der Waals surface area (Å²) in [6.45, 7) is 7.43. The molecule has 1 aliphatic heterocycles. The molecule has 2 rings (SSSR count). The lowest BCUT2D eigenvalue weighted by molar-refractivity contribution is 0.0508. The topological polar surface area (TPSA) is 21.3 Å². The van der Waals surface area contributed by atoms with Gasteiger partial charge in [-0.3, -0.25) is 0 Å². The zero-order valence-corrected chi connectivity index (χ0v) is 11.6. The Hall–Kier alpha value is -0.860. The molecule has 1 N–H and O–H groups in total. The highest BCUT2D eigenvalue weighted by molar-refractivity contribution is 5.21. The number of hydrogen-bond donors (Lipinski definition) is 1. The molecule has 2 nitrogen and oxygen atoms in total. The van der Waals surface area contributed by atoms with E-state index in [1.165, 1.54) is 18.4 Å². The third-order valence-corrected chi connectivity index (χ3v) is 4.08. The van der Waals surface area contributed by atoms with Crippen molar-refractivity contribution in [1.29, 1.82) is 0 Å². The van der Waals surface area contributed by atoms with Crippen LogP contribution in [0.15, 0.2) is 30.3 Å². The van der Waals surface area contributed by atoms with Gasteiger partial charge < -0.3 is 10.1 Å². The molecule has 1 saturated heterocycles. The van der Waals surface area contributed by atoms with Gasteiger partial charge in [-0.1, -0.05) is 44.2 Å². The summed E-state index contributed by atoms with van der Waals surface area (Å²) in [5, 5.41) is 3.70. The van der Waals surface area contributed by atoms with E-state index in [1.54, 1.807) is 0 Å². The Bertz CT molecular complexity index is 332. The molecule has 0 aliphatic carbocycles. The van der Waals surface area contributed by atoms with E-state index in [2.05, 4.69) is 49.5 Å². The first-order valence-electron chi connectivity index (χ1n) is 7.19. The summed E-state index contributed by atoms with van der Waals surface area (Å²) >= 11 is 0. The normalized spacial score (nSPS) is 20.6. The molecule has 18 heavy (non-hydrogen) atoms. The smallest absolute Gasteiger partial charge is 0.0469 e. The number of nitrogens with one attached hydrogen (secondary N) is 1. The van der Waals surface area contributed by atoms with Crippen molar-refractivity contribution >= 4 is 0 Å². The van der Waals surface area contributed by atoms with Crippen LogP contribution in [0.25, 0.3) is 0 Å². The number of ether oxygens (including phenoxy) is 1. The highest BCUT2D eigenvalue weighted by Gasteiger charge is 2.28. The fourth-order valence-electron chi connectivity index (χ4n) is 3.03. The van der Waals surface area contributed by atoms with Gasteiger partial charge in [-0.2, -0.15) is 0 Å². The van der Waals surface area contributed by atoms with Crippen LogP contribution in [0, 0.1) is 5.92 Å². The average Bonchev–Trinajstić information content (AvgIpc) is 2.46. The SMILES string of the molecule is CCNC(C1CCOCC1)C(C)c1ccccc1. The van der Waals surface area contributed by atoms with Crippen molar-refractivity contribution in [3.8, 4) is 0 Å². The van der Waals surface area contributed by atoms with Crippen molar-refractivity contribution in [3.05, 3.63) is 35.9 Å². The van der Waals surface area contributed by atoms with E-state index in [4.69, 9.17) is 4.74 Å². The highest BCUT2D eigenvalue weighted by Crippen LogP contribution is 2.29. The maximum Gasteiger partial charge on any atom is 0.0469 e. The Labute approximate surface area is 111 Å². The Morgan fingerprint density at radius 2 is 1.89 bits per heavy atom. The second-order valence-corrected chi connectivity index (χ2v) is 5.23. The van der Waals surface area contributed by atoms with E-state index < -0.39 is 0 Å². The first-order valence-corrected chi connectivity index (χ1v) is 7.19. The Kier molecular flexibility index (Phi) is 5.21. The summed E-state index contributed by atoms with van der Waals surface area (Å²) in [4.78, 5) is 0. The Morgan fingerprint density at radius 1 is 1.22 bits per heavy atom. The van der Waals surface area contributed by atoms with Crippen LogP contribution < -0.4 is 5.32 Å². The standard InChI is InChI=1S/C16H25NO/c1-3-17-16(15-9-11-18-12-10-15)13(2)14-7-5-4-6-8-14/h4-8,13,15-17H,3,9-12H2,1-2H3. The maximum atomic E-state index is 5.49. The molecule has 1 aromatic carbocycles. The fraction of sp³-hybridized carbons (Fsp3) is 0.625. The minimum absolute atomic E-state index is 0.564. The summed E-state index contributed by atoms with van der Waals surface area (Å²) < 4.78 is 5.49. The van der Waals surface area contributed by atoms with Gasteiger partial charge in [0, 0.05) is 19.3 Å². The maximum absolute atomic E-state index is 5.49. The van der Waals surface area contributed by atoms with Gasteiger partial charge in [0.2, 0.25) is 0 Å². The molecule has 100 valence electrons. The monoisotopic (exact) mass is 247 g/mol. The van der Waals surface area contributed by atoms with Crippen LogP contribution in [0.1, 0.15) is 38.2 Å². The summed E-state index contributed by atoms with van der Waals surface area (Å²) in [6, 6.07) is 11.4. The van der Waals surface area contributed by atoms with Crippen LogP contribution in [-0.2, 0) is 4.74 Å². The van der Waals surface area contributed by atoms with Crippen molar-refractivity contribution in [2.45, 2.75) is 38.6 Å². The second kappa shape index (κ2) is 6.91. The molecule has 2 heteroatoms. The number of rotatable bonds is 5. The summed E-state index contributed by atoms with van der Waals surface area (Å²) in [5.41, 5.74) is 1.44. The zero-order valence-electron chi connectivity index (χ0n) is 11.6. The van der Waals surface area contributed by atoms with Crippen LogP contribution in [0.4, 0.5) is 0 Å². The largest absolute Gasteiger partial charge is 0.381 e. The van der Waals surface area contributed by atoms with E-state index in [0.29, 0.717) is 12.0 Å². The second-order valence-electron chi connectivity index (χ2n) is 5.23. The quantitative estimate of drug-likeness (QED) is 0.862. The van der Waals surface area contributed by atoms with Crippen LogP contribution in [-0.4, -0.2) is 25.8 Å². The molecule has 2 unspecified atom stereocenters. The molecule has 2 atom stereocenters. The van der Waals surface area contributed by atoms with Gasteiger partial charge in [-0.15, -0.1) is 0 Å². The average molecular weight is 247 g/mol. The molecule has 1 aromatic rings. The lowest BCUT2D eigenvalue weighted by Crippen LogP contribution is -2.42. The van der Waals surface area contributed by atoms with Gasteiger partial charge in [0.05, 0.1) is 0 Å². The summed E-state index contributed by atoms with van der Waals surface area (Å²) in [5.74, 6) is 1.31. The lowest BCUT2D eigenvalue weighted by atomic mass is 9.81. The molecule has 0 bridgehead atoms. The van der Waals surface area contributed by atoms with Gasteiger partial charge in [0.1, 0.15) is 0 Å². The molecule has 1 fully saturated rings. The van der Waals surface area contributed by atoms with E-state index in [-0.39, 0.29) is 0 Å². The van der Waals surface area contributed by atoms with Crippen LogP contribution in [0.2, 0.25) is 0 Å². The molecule has 0 spiro atoms. The van der Waals surface area contributed by atoms with Gasteiger partial charge in [-0.25, -0.2) is 0 Å². The minimum Gasteiger partial charge on any atom is -0.381 e. The van der Waals surface area contributed by atoms with Gasteiger partial charge in [0.15, 0.2) is 0 Å². The fourth-order valence-corrected chi connectivity index (χ4v) is 3.03. The molecule has 0 amide bonds. The zero-order chi connectivity index (χ0) is 12.8. The number of benzene rings is 1. The molecular weight excluding hydrogens is 222 g/mol. The van der Waals surface area contributed by atoms with Crippen LogP contribution in [0.3, 0.4) is 0 Å². The van der Waals surface area contributed by atoms with E-state index in [9.17, 15) is 0 Å². The van der Waals surface area contributed by atoms with E-state index >= 15 is 0 Å². The van der Waals surface area contributed by atoms with Crippen molar-refractivity contribution < 1.29 is 4.74 Å². The van der Waals surface area contributed by atoms with E-state index in [1.807, 2.05) is 0 Å². The minimum atomic E-state index is 0.564. The van der Waals surface area contributed by atoms with Gasteiger partial charge in [0.25, 0.3) is 0 Å². The first kappa shape index (κ1) is 13.6. The van der Waals surface area contributed by atoms with Crippen molar-refractivity contribution in [3.63, 3.8) is 0 Å². The van der Waals surface area contributed by atoms with Gasteiger partial charge >= 0.3 is 0 Å². The molecule has 0 aromatic heterocycles. The Morgan fingerprint density at radius 3 is 2.50 bits per heavy atom. The van der Waals surface area contributed by atoms with Crippen LogP contribution in [0.5, 0.6) is 0 Å². The predicted molar refractivity (Wildman–Crippen MR) is 75.9 cm³/mol. The molecule has 1 heterocycles. The van der Waals surface area contributed by atoms with Gasteiger partial charge in [-0.05, 0) is 36.8 Å². The van der Waals surface area contributed by atoms with Crippen LogP contribution >= 0.6 is 0 Å². The molecular formula is C16H25NO. The lowest BCUT2D eigenvalue weighted by Gasteiger charge is -2.35. The van der Waals surface area contributed by atoms with Crippen molar-refractivity contribution in [2.75, 3.05) is 19.8 Å². The summed E-state index contributed by atoms with van der Waals surface area (Å²) in [6.07, 6.45) is 2.38. The first-order chi connectivity index (χ1) is 8.83. The Balaban J connectivity index is 2.08. The third-order valence-electron chi connectivity index (χ3n) is 4.08. The highest BCUT2D eigenvalue weighted by atomic mass is 16.5. The third kappa shape index (κ3) is 3.33. The molecule has 1 aliphatic rings. The summed E-state index contributed by atoms with van der Waals surface area (Å²) in [7, 11) is 0. The van der Waals surface area contributed by atoms with Crippen molar-refractivity contribution in [2.24, 2.45) is 5.92 Å². The molecule has 0 saturated carbocycles. The number of likely N-dealkylation sites (N-methyl/N-ethyl adjacent to an activating group) is 1. The number of hydrogen-bond acceptors (Lipinski definition) is 2. The molecule has 0 radical (unpaired) electrons. The van der Waals surface area contributed by atoms with E-state index in [0.717, 1.165) is 25.7 Å². The predicted octanol–water partition coefficient (Wildman–Crippen LogP) is 3.19.